The predicted molar refractivity (Wildman–Crippen MR) is 73.1 cm³/mol. The number of fused-ring (bicyclic) bond motifs is 1. The maximum Gasteiger partial charge on any atom is 0.326 e. The van der Waals surface area contributed by atoms with Gasteiger partial charge in [-0.3, -0.25) is 4.57 Å². The molecule has 0 fully saturated rings. The van der Waals surface area contributed by atoms with Crippen molar-refractivity contribution in [3.8, 4) is 0 Å². The molecule has 0 saturated heterocycles. The van der Waals surface area contributed by atoms with E-state index in [1.807, 2.05) is 0 Å². The first-order valence-electron chi connectivity index (χ1n) is 5.76. The van der Waals surface area contributed by atoms with Gasteiger partial charge in [0.25, 0.3) is 0 Å². The van der Waals surface area contributed by atoms with E-state index >= 15 is 0 Å². The average molecular weight is 277 g/mol. The summed E-state index contributed by atoms with van der Waals surface area (Å²) in [6.45, 7) is 0.303. The zero-order valence-corrected chi connectivity index (χ0v) is 10.6. The van der Waals surface area contributed by atoms with E-state index in [4.69, 9.17) is 11.6 Å². The van der Waals surface area contributed by atoms with Crippen LogP contribution in [-0.2, 0) is 6.54 Å². The van der Waals surface area contributed by atoms with Crippen molar-refractivity contribution in [1.82, 2.24) is 9.55 Å². The van der Waals surface area contributed by atoms with Gasteiger partial charge in [-0.2, -0.15) is 0 Å². The Morgan fingerprint density at radius 3 is 2.84 bits per heavy atom. The van der Waals surface area contributed by atoms with Gasteiger partial charge in [-0.05, 0) is 35.9 Å². The molecule has 5 heteroatoms. The second-order valence-corrected chi connectivity index (χ2v) is 4.74. The lowest BCUT2D eigenvalue weighted by Crippen LogP contribution is -2.17. The minimum Gasteiger partial charge on any atom is -0.306 e. The van der Waals surface area contributed by atoms with Crippen LogP contribution in [0.3, 0.4) is 0 Å². The highest BCUT2D eigenvalue weighted by atomic mass is 35.5. The van der Waals surface area contributed by atoms with E-state index in [1.54, 1.807) is 30.3 Å². The van der Waals surface area contributed by atoms with Crippen molar-refractivity contribution in [2.75, 3.05) is 0 Å². The van der Waals surface area contributed by atoms with Crippen LogP contribution < -0.4 is 5.69 Å². The van der Waals surface area contributed by atoms with Gasteiger partial charge in [-0.1, -0.05) is 23.7 Å². The summed E-state index contributed by atoms with van der Waals surface area (Å²) in [5.41, 5.74) is 1.91. The molecule has 1 N–H and O–H groups in total. The van der Waals surface area contributed by atoms with Crippen LogP contribution in [0.15, 0.2) is 47.3 Å². The van der Waals surface area contributed by atoms with Gasteiger partial charge < -0.3 is 4.98 Å². The first-order chi connectivity index (χ1) is 9.13. The molecule has 1 heterocycles. The van der Waals surface area contributed by atoms with E-state index in [1.165, 1.54) is 16.7 Å². The Labute approximate surface area is 113 Å². The number of imidazole rings is 1. The van der Waals surface area contributed by atoms with Crippen LogP contribution in [0.2, 0.25) is 5.02 Å². The third-order valence-corrected chi connectivity index (χ3v) is 3.20. The molecule has 19 heavy (non-hydrogen) atoms. The van der Waals surface area contributed by atoms with Crippen molar-refractivity contribution >= 4 is 22.6 Å². The van der Waals surface area contributed by atoms with Gasteiger partial charge in [0.15, 0.2) is 0 Å². The summed E-state index contributed by atoms with van der Waals surface area (Å²) in [5, 5.41) is 0.555. The molecule has 1 aromatic heterocycles. The van der Waals surface area contributed by atoms with Crippen molar-refractivity contribution in [2.45, 2.75) is 6.54 Å². The van der Waals surface area contributed by atoms with Crippen LogP contribution in [0.25, 0.3) is 11.0 Å². The van der Waals surface area contributed by atoms with Crippen molar-refractivity contribution in [2.24, 2.45) is 0 Å². The third-order valence-electron chi connectivity index (χ3n) is 2.97. The Hall–Kier alpha value is -2.07. The largest absolute Gasteiger partial charge is 0.326 e. The molecule has 0 unspecified atom stereocenters. The highest BCUT2D eigenvalue weighted by molar-refractivity contribution is 6.31. The minimum absolute atomic E-state index is 0.235. The van der Waals surface area contributed by atoms with Crippen LogP contribution >= 0.6 is 11.6 Å². The van der Waals surface area contributed by atoms with Crippen LogP contribution in [0.5, 0.6) is 0 Å². The van der Waals surface area contributed by atoms with Crippen molar-refractivity contribution in [3.05, 3.63) is 69.4 Å². The molecule has 0 saturated carbocycles. The fourth-order valence-electron chi connectivity index (χ4n) is 2.10. The smallest absolute Gasteiger partial charge is 0.306 e. The van der Waals surface area contributed by atoms with Crippen LogP contribution in [0, 0.1) is 5.82 Å². The number of aromatic amines is 1. The van der Waals surface area contributed by atoms with E-state index in [9.17, 15) is 9.18 Å². The Kier molecular flexibility index (Phi) is 2.87. The van der Waals surface area contributed by atoms with Crippen LogP contribution in [0.4, 0.5) is 4.39 Å². The topological polar surface area (TPSA) is 37.8 Å². The normalized spacial score (nSPS) is 11.1. The fourth-order valence-corrected chi connectivity index (χ4v) is 2.27. The quantitative estimate of drug-likeness (QED) is 0.767. The van der Waals surface area contributed by atoms with Gasteiger partial charge >= 0.3 is 5.69 Å². The highest BCUT2D eigenvalue weighted by Gasteiger charge is 2.08. The molecule has 0 aliphatic rings. The van der Waals surface area contributed by atoms with Gasteiger partial charge in [0.2, 0.25) is 0 Å². The minimum atomic E-state index is -0.316. The molecular formula is C14H10ClFN2O. The molecule has 3 nitrogen and oxygen atoms in total. The molecule has 0 aliphatic heterocycles. The number of rotatable bonds is 2. The van der Waals surface area contributed by atoms with E-state index in [0.717, 1.165) is 5.56 Å². The summed E-state index contributed by atoms with van der Waals surface area (Å²) < 4.78 is 14.7. The van der Waals surface area contributed by atoms with Crippen LogP contribution in [0.1, 0.15) is 5.56 Å². The van der Waals surface area contributed by atoms with Crippen LogP contribution in [-0.4, -0.2) is 9.55 Å². The van der Waals surface area contributed by atoms with E-state index in [-0.39, 0.29) is 11.5 Å². The number of aromatic nitrogens is 2. The summed E-state index contributed by atoms with van der Waals surface area (Å²) in [6, 6.07) is 11.4. The molecule has 0 radical (unpaired) electrons. The molecule has 3 rings (SSSR count). The summed E-state index contributed by atoms with van der Waals surface area (Å²) in [4.78, 5) is 14.7. The van der Waals surface area contributed by atoms with Crippen molar-refractivity contribution in [3.63, 3.8) is 0 Å². The number of halogens is 2. The standard InChI is InChI=1S/C14H10ClFN2O/c15-10-4-5-12-13(7-10)18(14(19)17-12)8-9-2-1-3-11(16)6-9/h1-7H,8H2,(H,17,19). The number of hydrogen-bond donors (Lipinski definition) is 1. The lowest BCUT2D eigenvalue weighted by Gasteiger charge is -2.04. The molecule has 96 valence electrons. The van der Waals surface area contributed by atoms with Gasteiger partial charge in [-0.15, -0.1) is 0 Å². The highest BCUT2D eigenvalue weighted by Crippen LogP contribution is 2.17. The fraction of sp³-hybridized carbons (Fsp3) is 0.0714. The van der Waals surface area contributed by atoms with E-state index in [2.05, 4.69) is 4.98 Å². The Morgan fingerprint density at radius 1 is 1.21 bits per heavy atom. The third kappa shape index (κ3) is 2.27. The molecule has 0 atom stereocenters. The maximum atomic E-state index is 13.2. The molecule has 0 aliphatic carbocycles. The zero-order valence-electron chi connectivity index (χ0n) is 9.86. The SMILES string of the molecule is O=c1[nH]c2ccc(Cl)cc2n1Cc1cccc(F)c1. The Bertz CT molecular complexity index is 807. The summed E-state index contributed by atoms with van der Waals surface area (Å²) in [6.07, 6.45) is 0. The van der Waals surface area contributed by atoms with Crippen molar-refractivity contribution in [1.29, 1.82) is 0 Å². The number of H-pyrrole nitrogens is 1. The lowest BCUT2D eigenvalue weighted by molar-refractivity contribution is 0.623. The first kappa shape index (κ1) is 12.0. The Balaban J connectivity index is 2.12. The molecule has 3 aromatic rings. The number of nitrogens with zero attached hydrogens (tertiary/aromatic N) is 1. The second-order valence-electron chi connectivity index (χ2n) is 4.31. The average Bonchev–Trinajstić information content (AvgIpc) is 2.66. The molecular weight excluding hydrogens is 267 g/mol. The first-order valence-corrected chi connectivity index (χ1v) is 6.14. The van der Waals surface area contributed by atoms with Gasteiger partial charge in [0, 0.05) is 5.02 Å². The number of nitrogens with one attached hydrogen (secondary N) is 1. The molecule has 0 spiro atoms. The van der Waals surface area contributed by atoms with E-state index < -0.39 is 0 Å². The summed E-state index contributed by atoms with van der Waals surface area (Å²) >= 11 is 5.94. The monoisotopic (exact) mass is 276 g/mol. The van der Waals surface area contributed by atoms with Gasteiger partial charge in [0.05, 0.1) is 17.6 Å². The van der Waals surface area contributed by atoms with Crippen molar-refractivity contribution < 1.29 is 4.39 Å². The van der Waals surface area contributed by atoms with Gasteiger partial charge in [0.1, 0.15) is 5.82 Å². The Morgan fingerprint density at radius 2 is 2.05 bits per heavy atom. The second kappa shape index (κ2) is 4.55. The summed E-state index contributed by atoms with van der Waals surface area (Å²) in [5.74, 6) is -0.316. The predicted octanol–water partition coefficient (Wildman–Crippen LogP) is 3.17. The molecule has 2 aromatic carbocycles. The summed E-state index contributed by atoms with van der Waals surface area (Å²) in [7, 11) is 0. The maximum absolute atomic E-state index is 13.2. The molecule has 0 bridgehead atoms. The zero-order chi connectivity index (χ0) is 13.4. The van der Waals surface area contributed by atoms with Gasteiger partial charge in [-0.25, -0.2) is 9.18 Å². The number of benzene rings is 2. The lowest BCUT2D eigenvalue weighted by atomic mass is 10.2. The van der Waals surface area contributed by atoms with E-state index in [0.29, 0.717) is 22.6 Å². The molecule has 0 amide bonds. The number of hydrogen-bond acceptors (Lipinski definition) is 1.